The maximum absolute atomic E-state index is 12.6. The molecule has 0 saturated heterocycles. The van der Waals surface area contributed by atoms with Gasteiger partial charge in [-0.25, -0.2) is 9.59 Å². The van der Waals surface area contributed by atoms with Crippen molar-refractivity contribution in [2.24, 2.45) is 0 Å². The van der Waals surface area contributed by atoms with E-state index in [1.54, 1.807) is 26.0 Å². The third kappa shape index (κ3) is 5.94. The Labute approximate surface area is 218 Å². The second kappa shape index (κ2) is 10.3. The molecular formula is C28H30N2O6S. The number of nitrogens with one attached hydrogen (secondary N) is 2. The minimum Gasteiger partial charge on any atom is -0.444 e. The number of fused-ring (bicyclic) bond motifs is 3. The van der Waals surface area contributed by atoms with Gasteiger partial charge in [0.25, 0.3) is 5.56 Å². The van der Waals surface area contributed by atoms with Crippen LogP contribution in [-0.2, 0) is 9.47 Å². The number of aromatic nitrogens is 1. The van der Waals surface area contributed by atoms with Gasteiger partial charge in [0.15, 0.2) is 0 Å². The second-order valence-electron chi connectivity index (χ2n) is 9.99. The van der Waals surface area contributed by atoms with Crippen molar-refractivity contribution < 1.29 is 23.8 Å². The summed E-state index contributed by atoms with van der Waals surface area (Å²) in [5, 5.41) is 6.23. The minimum atomic E-state index is -0.812. The molecule has 2 heterocycles. The van der Waals surface area contributed by atoms with Crippen LogP contribution < -0.4 is 15.6 Å². The Balaban J connectivity index is 1.78. The number of amides is 1. The van der Waals surface area contributed by atoms with Crippen LogP contribution in [0.25, 0.3) is 32.1 Å². The highest BCUT2D eigenvalue weighted by Gasteiger charge is 2.21. The Hall–Kier alpha value is -3.85. The van der Waals surface area contributed by atoms with E-state index in [-0.39, 0.29) is 17.7 Å². The average molecular weight is 523 g/mol. The Morgan fingerprint density at radius 1 is 1.00 bits per heavy atom. The van der Waals surface area contributed by atoms with E-state index in [0.29, 0.717) is 21.5 Å². The zero-order chi connectivity index (χ0) is 26.9. The van der Waals surface area contributed by atoms with E-state index in [9.17, 15) is 14.4 Å². The zero-order valence-corrected chi connectivity index (χ0v) is 22.4. The largest absolute Gasteiger partial charge is 0.514 e. The lowest BCUT2D eigenvalue weighted by Gasteiger charge is -2.22. The number of ether oxygens (including phenoxy) is 3. The summed E-state index contributed by atoms with van der Waals surface area (Å²) in [7, 11) is 0. The van der Waals surface area contributed by atoms with E-state index < -0.39 is 17.8 Å². The van der Waals surface area contributed by atoms with Crippen molar-refractivity contribution in [3.63, 3.8) is 0 Å². The molecule has 9 heteroatoms. The van der Waals surface area contributed by atoms with Crippen molar-refractivity contribution in [3.8, 4) is 16.9 Å². The summed E-state index contributed by atoms with van der Waals surface area (Å²) in [6.45, 7) is 10.8. The fraction of sp³-hybridized carbons (Fsp3) is 0.321. The normalized spacial score (nSPS) is 12.5. The lowest BCUT2D eigenvalue weighted by Crippen LogP contribution is -2.34. The fourth-order valence-electron chi connectivity index (χ4n) is 4.01. The van der Waals surface area contributed by atoms with Crippen molar-refractivity contribution in [2.75, 3.05) is 0 Å². The van der Waals surface area contributed by atoms with Gasteiger partial charge >= 0.3 is 12.2 Å². The average Bonchev–Trinajstić information content (AvgIpc) is 3.28. The molecule has 1 atom stereocenters. The Morgan fingerprint density at radius 3 is 2.35 bits per heavy atom. The number of H-pyrrole nitrogens is 1. The van der Waals surface area contributed by atoms with E-state index in [4.69, 9.17) is 14.2 Å². The second-order valence-corrected chi connectivity index (χ2v) is 10.9. The molecule has 2 aromatic heterocycles. The molecule has 2 N–H and O–H groups in total. The Morgan fingerprint density at radius 2 is 1.70 bits per heavy atom. The number of rotatable bonds is 5. The molecule has 0 radical (unpaired) electrons. The third-order valence-corrected chi connectivity index (χ3v) is 6.43. The van der Waals surface area contributed by atoms with Gasteiger partial charge in [0.05, 0.1) is 12.1 Å². The first-order valence-corrected chi connectivity index (χ1v) is 12.9. The molecule has 0 spiro atoms. The lowest BCUT2D eigenvalue weighted by molar-refractivity contribution is 0.0507. The van der Waals surface area contributed by atoms with Crippen molar-refractivity contribution >= 4 is 44.6 Å². The predicted octanol–water partition coefficient (Wildman–Crippen LogP) is 6.92. The van der Waals surface area contributed by atoms with Crippen molar-refractivity contribution in [1.82, 2.24) is 10.3 Å². The number of alkyl carbamates (subject to hydrolysis) is 1. The third-order valence-electron chi connectivity index (χ3n) is 5.51. The summed E-state index contributed by atoms with van der Waals surface area (Å²) >= 11 is 1.35. The van der Waals surface area contributed by atoms with Gasteiger partial charge in [-0.3, -0.25) is 4.79 Å². The summed E-state index contributed by atoms with van der Waals surface area (Å²) in [5.41, 5.74) is 2.14. The van der Waals surface area contributed by atoms with Crippen LogP contribution in [-0.4, -0.2) is 28.9 Å². The summed E-state index contributed by atoms with van der Waals surface area (Å²) in [6.07, 6.45) is -1.65. The highest BCUT2D eigenvalue weighted by Crippen LogP contribution is 2.40. The van der Waals surface area contributed by atoms with Gasteiger partial charge < -0.3 is 24.5 Å². The summed E-state index contributed by atoms with van der Waals surface area (Å²) in [4.78, 5) is 40.1. The fourth-order valence-corrected chi connectivity index (χ4v) is 4.81. The number of aromatic amines is 1. The highest BCUT2D eigenvalue weighted by atomic mass is 32.1. The zero-order valence-electron chi connectivity index (χ0n) is 21.6. The molecule has 0 bridgehead atoms. The number of benzene rings is 2. The Bertz CT molecular complexity index is 1510. The van der Waals surface area contributed by atoms with Crippen LogP contribution >= 0.6 is 11.3 Å². The number of carbonyl (C=O) groups is 2. The monoisotopic (exact) mass is 522 g/mol. The van der Waals surface area contributed by atoms with E-state index in [1.807, 2.05) is 63.4 Å². The van der Waals surface area contributed by atoms with Gasteiger partial charge in [-0.05, 0) is 76.2 Å². The quantitative estimate of drug-likeness (QED) is 0.218. The van der Waals surface area contributed by atoms with Gasteiger partial charge in [0.2, 0.25) is 0 Å². The molecule has 194 valence electrons. The summed E-state index contributed by atoms with van der Waals surface area (Å²) in [6, 6.07) is 12.5. The number of carbonyl (C=O) groups excluding carboxylic acids is 2. The van der Waals surface area contributed by atoms with Crippen LogP contribution in [0.4, 0.5) is 9.59 Å². The SMILES string of the molecule is CC(C)OC(=O)Oc1ccc2[nH]c(=O)c3sccc3c2c1-c1ccc(C(C)NC(=O)OC(C)(C)C)cc1. The van der Waals surface area contributed by atoms with Crippen LogP contribution in [0.5, 0.6) is 5.75 Å². The lowest BCUT2D eigenvalue weighted by atomic mass is 9.95. The number of thiophene rings is 1. The molecule has 4 aromatic rings. The standard InChI is InChI=1S/C28H30N2O6S/c1-15(2)34-27(33)35-21-12-11-20-23(19-13-14-37-24(19)25(31)30-20)22(21)18-9-7-17(8-10-18)16(3)29-26(32)36-28(4,5)6/h7-16H,1-6H3,(H,29,32)(H,30,31). The first-order valence-electron chi connectivity index (χ1n) is 12.0. The van der Waals surface area contributed by atoms with Gasteiger partial charge in [-0.15, -0.1) is 11.3 Å². The molecule has 0 aliphatic heterocycles. The molecule has 0 aliphatic carbocycles. The Kier molecular flexibility index (Phi) is 7.27. The number of pyridine rings is 1. The maximum atomic E-state index is 12.6. The summed E-state index contributed by atoms with van der Waals surface area (Å²) < 4.78 is 16.8. The van der Waals surface area contributed by atoms with E-state index >= 15 is 0 Å². The molecule has 1 unspecified atom stereocenters. The number of hydrogen-bond acceptors (Lipinski definition) is 7. The van der Waals surface area contributed by atoms with Crippen LogP contribution in [0.3, 0.4) is 0 Å². The van der Waals surface area contributed by atoms with Crippen LogP contribution in [0.1, 0.15) is 53.1 Å². The van der Waals surface area contributed by atoms with Gasteiger partial charge in [-0.1, -0.05) is 24.3 Å². The molecule has 2 aromatic carbocycles. The topological polar surface area (TPSA) is 107 Å². The van der Waals surface area contributed by atoms with Crippen molar-refractivity contribution in [3.05, 3.63) is 63.8 Å². The van der Waals surface area contributed by atoms with Crippen LogP contribution in [0.15, 0.2) is 52.6 Å². The van der Waals surface area contributed by atoms with Gasteiger partial charge in [0.1, 0.15) is 16.1 Å². The van der Waals surface area contributed by atoms with Crippen molar-refractivity contribution in [1.29, 1.82) is 0 Å². The summed E-state index contributed by atoms with van der Waals surface area (Å²) in [5.74, 6) is 0.311. The van der Waals surface area contributed by atoms with Crippen LogP contribution in [0.2, 0.25) is 0 Å². The molecular weight excluding hydrogens is 492 g/mol. The molecule has 37 heavy (non-hydrogen) atoms. The highest BCUT2D eigenvalue weighted by molar-refractivity contribution is 7.17. The number of hydrogen-bond donors (Lipinski definition) is 2. The maximum Gasteiger partial charge on any atom is 0.514 e. The predicted molar refractivity (Wildman–Crippen MR) is 145 cm³/mol. The molecule has 1 amide bonds. The van der Waals surface area contributed by atoms with Gasteiger partial charge in [-0.2, -0.15) is 0 Å². The van der Waals surface area contributed by atoms with E-state index in [1.165, 1.54) is 11.3 Å². The molecule has 0 fully saturated rings. The first kappa shape index (κ1) is 26.2. The van der Waals surface area contributed by atoms with E-state index in [2.05, 4.69) is 10.3 Å². The van der Waals surface area contributed by atoms with Gasteiger partial charge in [0, 0.05) is 21.9 Å². The minimum absolute atomic E-state index is 0.172. The van der Waals surface area contributed by atoms with E-state index in [0.717, 1.165) is 21.9 Å². The van der Waals surface area contributed by atoms with Crippen molar-refractivity contribution in [2.45, 2.75) is 59.3 Å². The smallest absolute Gasteiger partial charge is 0.444 e. The molecule has 0 aliphatic rings. The molecule has 4 rings (SSSR count). The van der Waals surface area contributed by atoms with Crippen LogP contribution in [0, 0.1) is 0 Å². The molecule has 8 nitrogen and oxygen atoms in total. The molecule has 0 saturated carbocycles. The first-order chi connectivity index (χ1) is 17.4.